The van der Waals surface area contributed by atoms with Crippen LogP contribution in [-0.4, -0.2) is 31.3 Å². The molecule has 146 valence electrons. The molecule has 0 saturated heterocycles. The summed E-state index contributed by atoms with van der Waals surface area (Å²) in [5.74, 6) is -0.475. The summed E-state index contributed by atoms with van der Waals surface area (Å²) >= 11 is 0. The van der Waals surface area contributed by atoms with Gasteiger partial charge in [-0.2, -0.15) is 0 Å². The van der Waals surface area contributed by atoms with Crippen molar-refractivity contribution < 1.29 is 19.1 Å². The van der Waals surface area contributed by atoms with E-state index in [2.05, 4.69) is 10.1 Å². The average Bonchev–Trinajstić information content (AvgIpc) is 3.19. The van der Waals surface area contributed by atoms with E-state index in [9.17, 15) is 14.4 Å². The van der Waals surface area contributed by atoms with Gasteiger partial charge >= 0.3 is 5.97 Å². The van der Waals surface area contributed by atoms with E-state index >= 15 is 0 Å². The lowest BCUT2D eigenvalue weighted by atomic mass is 10.0. The predicted octanol–water partition coefficient (Wildman–Crippen LogP) is 3.28. The van der Waals surface area contributed by atoms with Crippen LogP contribution in [0.1, 0.15) is 56.7 Å². The number of esters is 1. The van der Waals surface area contributed by atoms with E-state index < -0.39 is 0 Å². The highest BCUT2D eigenvalue weighted by atomic mass is 16.5. The van der Waals surface area contributed by atoms with Gasteiger partial charge < -0.3 is 10.1 Å². The molecule has 1 amide bonds. The number of carbonyl (C=O) groups is 3. The summed E-state index contributed by atoms with van der Waals surface area (Å²) in [6.07, 6.45) is 4.36. The molecule has 5 nitrogen and oxygen atoms in total. The zero-order valence-corrected chi connectivity index (χ0v) is 16.1. The molecule has 28 heavy (non-hydrogen) atoms. The van der Waals surface area contributed by atoms with Crippen molar-refractivity contribution in [2.45, 2.75) is 38.5 Å². The van der Waals surface area contributed by atoms with Gasteiger partial charge in [0.1, 0.15) is 0 Å². The molecule has 3 rings (SSSR count). The minimum atomic E-state index is -0.368. The fourth-order valence-electron chi connectivity index (χ4n) is 3.48. The number of methoxy groups -OCH3 is 1. The highest BCUT2D eigenvalue weighted by molar-refractivity contribution is 5.98. The highest BCUT2D eigenvalue weighted by Gasteiger charge is 2.15. The van der Waals surface area contributed by atoms with E-state index in [1.54, 1.807) is 12.1 Å². The van der Waals surface area contributed by atoms with Gasteiger partial charge in [0.2, 0.25) is 5.91 Å². The number of ether oxygens (including phenoxy) is 1. The number of fused-ring (bicyclic) bond motifs is 1. The quantitative estimate of drug-likeness (QED) is 0.564. The number of ketones is 1. The van der Waals surface area contributed by atoms with E-state index in [0.29, 0.717) is 24.1 Å². The summed E-state index contributed by atoms with van der Waals surface area (Å²) in [5.41, 5.74) is 4.84. The van der Waals surface area contributed by atoms with Crippen molar-refractivity contribution in [2.75, 3.05) is 13.7 Å². The topological polar surface area (TPSA) is 72.5 Å². The Balaban J connectivity index is 1.40. The summed E-state index contributed by atoms with van der Waals surface area (Å²) in [5, 5.41) is 2.85. The van der Waals surface area contributed by atoms with Crippen LogP contribution in [0.2, 0.25) is 0 Å². The molecule has 0 aromatic heterocycles. The Morgan fingerprint density at radius 3 is 2.39 bits per heavy atom. The van der Waals surface area contributed by atoms with Gasteiger partial charge in [0.15, 0.2) is 5.78 Å². The van der Waals surface area contributed by atoms with Crippen molar-refractivity contribution in [2.24, 2.45) is 0 Å². The third kappa shape index (κ3) is 5.06. The van der Waals surface area contributed by atoms with Crippen LogP contribution in [0.4, 0.5) is 0 Å². The molecule has 1 aliphatic rings. The summed E-state index contributed by atoms with van der Waals surface area (Å²) in [6.45, 7) is 0.490. The maximum Gasteiger partial charge on any atom is 0.337 e. The molecule has 0 atom stereocenters. The number of benzene rings is 2. The monoisotopic (exact) mass is 379 g/mol. The maximum absolute atomic E-state index is 12.3. The minimum absolute atomic E-state index is 0.0169. The minimum Gasteiger partial charge on any atom is -0.465 e. The number of Topliss-reactive ketones (excluding diaryl/α,β-unsaturated/α-hetero) is 1. The Kier molecular flexibility index (Phi) is 6.58. The van der Waals surface area contributed by atoms with Crippen LogP contribution in [0.3, 0.4) is 0 Å². The molecule has 2 aromatic carbocycles. The Labute approximate surface area is 165 Å². The molecular weight excluding hydrogens is 354 g/mol. The Morgan fingerprint density at radius 2 is 1.64 bits per heavy atom. The van der Waals surface area contributed by atoms with E-state index in [4.69, 9.17) is 0 Å². The third-order valence-corrected chi connectivity index (χ3v) is 5.11. The summed E-state index contributed by atoms with van der Waals surface area (Å²) in [7, 11) is 1.35. The lowest BCUT2D eigenvalue weighted by Gasteiger charge is -2.07. The molecule has 1 aliphatic carbocycles. The van der Waals surface area contributed by atoms with Crippen molar-refractivity contribution in [3.63, 3.8) is 0 Å². The molecule has 0 fully saturated rings. The van der Waals surface area contributed by atoms with Crippen molar-refractivity contribution >= 4 is 17.7 Å². The summed E-state index contributed by atoms with van der Waals surface area (Å²) in [6, 6.07) is 13.0. The lowest BCUT2D eigenvalue weighted by molar-refractivity contribution is -0.121. The maximum atomic E-state index is 12.3. The smallest absolute Gasteiger partial charge is 0.337 e. The average molecular weight is 379 g/mol. The molecule has 0 heterocycles. The molecule has 0 bridgehead atoms. The van der Waals surface area contributed by atoms with Gasteiger partial charge in [0, 0.05) is 24.9 Å². The Hall–Kier alpha value is -2.95. The van der Waals surface area contributed by atoms with Gasteiger partial charge in [0.05, 0.1) is 12.7 Å². The second kappa shape index (κ2) is 9.31. The number of amides is 1. The first kappa shape index (κ1) is 19.8. The third-order valence-electron chi connectivity index (χ3n) is 5.11. The molecule has 0 spiro atoms. The van der Waals surface area contributed by atoms with Gasteiger partial charge in [-0.25, -0.2) is 4.79 Å². The van der Waals surface area contributed by atoms with Crippen molar-refractivity contribution in [1.29, 1.82) is 0 Å². The molecule has 2 aromatic rings. The highest BCUT2D eigenvalue weighted by Crippen LogP contribution is 2.23. The van der Waals surface area contributed by atoms with Crippen molar-refractivity contribution in [3.05, 3.63) is 70.3 Å². The number of nitrogens with one attached hydrogen (secondary N) is 1. The number of hydrogen-bond acceptors (Lipinski definition) is 4. The van der Waals surface area contributed by atoms with Crippen LogP contribution in [0.15, 0.2) is 42.5 Å². The molecule has 0 unspecified atom stereocenters. The molecule has 1 N–H and O–H groups in total. The standard InChI is InChI=1S/C23H25NO4/c1-28-23(27)18-7-5-16(6-8-18)13-14-24-22(26)12-11-21(25)20-10-9-17-3-2-4-19(17)15-20/h5-10,15H,2-4,11-14H2,1H3,(H,24,26). The number of rotatable bonds is 8. The fraction of sp³-hybridized carbons (Fsp3) is 0.348. The molecule has 0 radical (unpaired) electrons. The van der Waals surface area contributed by atoms with Crippen LogP contribution in [0, 0.1) is 0 Å². The Morgan fingerprint density at radius 1 is 0.929 bits per heavy atom. The number of aryl methyl sites for hydroxylation is 2. The first-order valence-electron chi connectivity index (χ1n) is 9.66. The molecule has 0 saturated carbocycles. The number of carbonyl (C=O) groups excluding carboxylic acids is 3. The lowest BCUT2D eigenvalue weighted by Crippen LogP contribution is -2.26. The van der Waals surface area contributed by atoms with E-state index in [-0.39, 0.29) is 30.5 Å². The zero-order chi connectivity index (χ0) is 19.9. The van der Waals surface area contributed by atoms with Crippen LogP contribution < -0.4 is 5.32 Å². The zero-order valence-electron chi connectivity index (χ0n) is 16.1. The van der Waals surface area contributed by atoms with Gasteiger partial charge in [-0.05, 0) is 60.6 Å². The fourth-order valence-corrected chi connectivity index (χ4v) is 3.48. The second-order valence-electron chi connectivity index (χ2n) is 7.05. The normalized spacial score (nSPS) is 12.3. The van der Waals surface area contributed by atoms with Crippen molar-refractivity contribution in [3.8, 4) is 0 Å². The summed E-state index contributed by atoms with van der Waals surface area (Å²) < 4.78 is 4.67. The Bertz CT molecular complexity index is 871. The van der Waals surface area contributed by atoms with Crippen LogP contribution in [0.25, 0.3) is 0 Å². The first-order valence-corrected chi connectivity index (χ1v) is 9.66. The molecular formula is C23H25NO4. The summed E-state index contributed by atoms with van der Waals surface area (Å²) in [4.78, 5) is 35.8. The largest absolute Gasteiger partial charge is 0.465 e. The van der Waals surface area contributed by atoms with Crippen LogP contribution in [-0.2, 0) is 28.8 Å². The number of hydrogen-bond donors (Lipinski definition) is 1. The van der Waals surface area contributed by atoms with E-state index in [1.807, 2.05) is 30.3 Å². The van der Waals surface area contributed by atoms with Crippen molar-refractivity contribution in [1.82, 2.24) is 5.32 Å². The van der Waals surface area contributed by atoms with E-state index in [0.717, 1.165) is 24.8 Å². The first-order chi connectivity index (χ1) is 13.6. The van der Waals surface area contributed by atoms with Gasteiger partial charge in [-0.15, -0.1) is 0 Å². The van der Waals surface area contributed by atoms with E-state index in [1.165, 1.54) is 18.2 Å². The van der Waals surface area contributed by atoms with Gasteiger partial charge in [0.25, 0.3) is 0 Å². The van der Waals surface area contributed by atoms with Gasteiger partial charge in [-0.3, -0.25) is 9.59 Å². The van der Waals surface area contributed by atoms with Crippen LogP contribution >= 0.6 is 0 Å². The SMILES string of the molecule is COC(=O)c1ccc(CCNC(=O)CCC(=O)c2ccc3c(c2)CCC3)cc1. The van der Waals surface area contributed by atoms with Crippen LogP contribution in [0.5, 0.6) is 0 Å². The van der Waals surface area contributed by atoms with Gasteiger partial charge in [-0.1, -0.05) is 24.3 Å². The molecule has 5 heteroatoms. The molecule has 0 aliphatic heterocycles. The predicted molar refractivity (Wildman–Crippen MR) is 107 cm³/mol. The second-order valence-corrected chi connectivity index (χ2v) is 7.05.